The second kappa shape index (κ2) is 5.20. The van der Waals surface area contributed by atoms with Crippen LogP contribution in [0.4, 0.5) is 4.39 Å². The maximum atomic E-state index is 13.0. The molecule has 6 nitrogen and oxygen atoms in total. The molecule has 1 saturated heterocycles. The summed E-state index contributed by atoms with van der Waals surface area (Å²) in [5.41, 5.74) is 0.718. The first-order chi connectivity index (χ1) is 10.4. The first kappa shape index (κ1) is 14.7. The van der Waals surface area contributed by atoms with Crippen LogP contribution in [-0.2, 0) is 9.84 Å². The van der Waals surface area contributed by atoms with E-state index in [1.165, 1.54) is 35.0 Å². The summed E-state index contributed by atoms with van der Waals surface area (Å²) in [5.74, 6) is -1.91. The number of halogens is 1. The van der Waals surface area contributed by atoms with Gasteiger partial charge in [-0.05, 0) is 36.8 Å². The molecule has 1 aromatic carbocycles. The highest BCUT2D eigenvalue weighted by molar-refractivity contribution is 7.91. The van der Waals surface area contributed by atoms with E-state index in [0.29, 0.717) is 17.7 Å². The molecule has 1 aromatic heterocycles. The molecule has 2 heterocycles. The molecular weight excluding hydrogens is 311 g/mol. The van der Waals surface area contributed by atoms with Gasteiger partial charge in [-0.25, -0.2) is 12.8 Å². The summed E-state index contributed by atoms with van der Waals surface area (Å²) in [5, 5.41) is 15.0. The van der Waals surface area contributed by atoms with Crippen LogP contribution in [0.1, 0.15) is 23.0 Å². The fraction of sp³-hybridized carbons (Fsp3) is 0.286. The molecule has 0 radical (unpaired) electrons. The third-order valence-corrected chi connectivity index (χ3v) is 5.39. The lowest BCUT2D eigenvalue weighted by Gasteiger charge is -2.13. The van der Waals surface area contributed by atoms with Crippen LogP contribution in [0.5, 0.6) is 0 Å². The molecule has 0 aliphatic carbocycles. The van der Waals surface area contributed by atoms with Gasteiger partial charge in [-0.3, -0.25) is 4.68 Å². The Kier molecular flexibility index (Phi) is 3.48. The summed E-state index contributed by atoms with van der Waals surface area (Å²) in [7, 11) is -3.14. The Balaban J connectivity index is 2.08. The van der Waals surface area contributed by atoms with Crippen molar-refractivity contribution in [2.45, 2.75) is 12.5 Å². The number of carbonyl (C=O) groups is 1. The van der Waals surface area contributed by atoms with Gasteiger partial charge >= 0.3 is 0 Å². The first-order valence-electron chi connectivity index (χ1n) is 6.63. The minimum atomic E-state index is -3.14. The van der Waals surface area contributed by atoms with Gasteiger partial charge in [-0.2, -0.15) is 5.10 Å². The first-order valence-corrected chi connectivity index (χ1v) is 8.45. The number of aromatic carboxylic acids is 1. The van der Waals surface area contributed by atoms with Crippen LogP contribution in [0.25, 0.3) is 11.3 Å². The van der Waals surface area contributed by atoms with Crippen molar-refractivity contribution in [1.82, 2.24) is 9.78 Å². The summed E-state index contributed by atoms with van der Waals surface area (Å²) >= 11 is 0. The van der Waals surface area contributed by atoms with Crippen LogP contribution in [0.2, 0.25) is 0 Å². The molecule has 1 aliphatic rings. The van der Waals surface area contributed by atoms with Gasteiger partial charge in [0.2, 0.25) is 0 Å². The second-order valence-corrected chi connectivity index (χ2v) is 7.44. The molecule has 0 spiro atoms. The van der Waals surface area contributed by atoms with Crippen molar-refractivity contribution in [2.75, 3.05) is 11.5 Å². The molecule has 2 aromatic rings. The molecule has 0 unspecified atom stereocenters. The topological polar surface area (TPSA) is 92.1 Å². The molecule has 116 valence electrons. The zero-order valence-corrected chi connectivity index (χ0v) is 12.2. The Morgan fingerprint density at radius 1 is 1.32 bits per heavy atom. The third kappa shape index (κ3) is 2.74. The lowest BCUT2D eigenvalue weighted by Crippen LogP contribution is -2.23. The van der Waals surface area contributed by atoms with Crippen LogP contribution >= 0.6 is 0 Å². The minimum absolute atomic E-state index is 0.0427. The molecule has 0 bridgehead atoms. The predicted molar refractivity (Wildman–Crippen MR) is 74.3 cm³/mol. The minimum Gasteiger partial charge on any atom is -0.543 e. The molecule has 0 amide bonds. The molecular formula is C14H12FN2O4S-. The van der Waals surface area contributed by atoms with Crippen molar-refractivity contribution < 1.29 is 22.7 Å². The molecule has 0 saturated carbocycles. The van der Waals surface area contributed by atoms with Crippen LogP contribution in [0.3, 0.4) is 0 Å². The molecule has 1 fully saturated rings. The average Bonchev–Trinajstić information content (AvgIpc) is 3.03. The van der Waals surface area contributed by atoms with Gasteiger partial charge in [0.1, 0.15) is 11.5 Å². The van der Waals surface area contributed by atoms with Crippen LogP contribution < -0.4 is 5.11 Å². The smallest absolute Gasteiger partial charge is 0.152 e. The van der Waals surface area contributed by atoms with Gasteiger partial charge in [-0.15, -0.1) is 0 Å². The lowest BCUT2D eigenvalue weighted by atomic mass is 10.1. The average molecular weight is 323 g/mol. The number of nitrogens with zero attached hydrogens (tertiary/aromatic N) is 2. The zero-order chi connectivity index (χ0) is 15.9. The Morgan fingerprint density at radius 2 is 2.00 bits per heavy atom. The number of carboxylic acid groups (broad SMARTS) is 1. The highest BCUT2D eigenvalue weighted by Crippen LogP contribution is 2.30. The third-order valence-electron chi connectivity index (χ3n) is 3.64. The second-order valence-electron chi connectivity index (χ2n) is 5.21. The van der Waals surface area contributed by atoms with E-state index in [1.54, 1.807) is 0 Å². The van der Waals surface area contributed by atoms with Gasteiger partial charge in [0, 0.05) is 5.56 Å². The number of benzene rings is 1. The summed E-state index contributed by atoms with van der Waals surface area (Å²) in [6.45, 7) is 0. The maximum absolute atomic E-state index is 13.0. The van der Waals surface area contributed by atoms with Crippen LogP contribution in [0.15, 0.2) is 30.3 Å². The lowest BCUT2D eigenvalue weighted by molar-refractivity contribution is -0.255. The van der Waals surface area contributed by atoms with Crippen LogP contribution in [0, 0.1) is 5.82 Å². The molecule has 3 rings (SSSR count). The number of hydrogen-bond donors (Lipinski definition) is 0. The number of aromatic nitrogens is 2. The predicted octanol–water partition coefficient (Wildman–Crippen LogP) is 0.412. The monoisotopic (exact) mass is 323 g/mol. The maximum Gasteiger partial charge on any atom is 0.152 e. The van der Waals surface area contributed by atoms with E-state index in [2.05, 4.69) is 5.10 Å². The number of rotatable bonds is 3. The number of hydrogen-bond acceptors (Lipinski definition) is 5. The van der Waals surface area contributed by atoms with Crippen molar-refractivity contribution in [3.63, 3.8) is 0 Å². The van der Waals surface area contributed by atoms with Crippen molar-refractivity contribution in [1.29, 1.82) is 0 Å². The normalized spacial score (nSPS) is 20.1. The van der Waals surface area contributed by atoms with Gasteiger partial charge in [0.05, 0.1) is 29.2 Å². The largest absolute Gasteiger partial charge is 0.543 e. The number of carboxylic acids is 1. The van der Waals surface area contributed by atoms with E-state index in [9.17, 15) is 22.7 Å². The van der Waals surface area contributed by atoms with E-state index >= 15 is 0 Å². The summed E-state index contributed by atoms with van der Waals surface area (Å²) in [6, 6.07) is 6.36. The Bertz CT molecular complexity index is 827. The van der Waals surface area contributed by atoms with E-state index in [1.807, 2.05) is 0 Å². The standard InChI is InChI=1S/C14H13FN2O4S/c15-10-3-1-9(2-4-10)13-7-12(14(18)19)16-17(13)11-5-6-22(20,21)8-11/h1-4,7,11H,5-6,8H2,(H,18,19)/p-1/t11-/m0/s1. The molecule has 8 heteroatoms. The highest BCUT2D eigenvalue weighted by Gasteiger charge is 2.31. The summed E-state index contributed by atoms with van der Waals surface area (Å²) in [4.78, 5) is 11.0. The van der Waals surface area contributed by atoms with Crippen LogP contribution in [-0.4, -0.2) is 35.7 Å². The van der Waals surface area contributed by atoms with E-state index in [4.69, 9.17) is 0 Å². The number of sulfone groups is 1. The summed E-state index contributed by atoms with van der Waals surface area (Å²) in [6.07, 6.45) is 0.366. The molecule has 1 aliphatic heterocycles. The summed E-state index contributed by atoms with van der Waals surface area (Å²) < 4.78 is 37.7. The van der Waals surface area contributed by atoms with E-state index in [-0.39, 0.29) is 17.2 Å². The van der Waals surface area contributed by atoms with Crippen molar-refractivity contribution in [3.8, 4) is 11.3 Å². The van der Waals surface area contributed by atoms with Gasteiger partial charge < -0.3 is 9.90 Å². The highest BCUT2D eigenvalue weighted by atomic mass is 32.2. The Labute approximate surface area is 126 Å². The Hall–Kier alpha value is -2.22. The van der Waals surface area contributed by atoms with Gasteiger partial charge in [0.25, 0.3) is 0 Å². The molecule has 22 heavy (non-hydrogen) atoms. The van der Waals surface area contributed by atoms with Crippen molar-refractivity contribution in [2.24, 2.45) is 0 Å². The van der Waals surface area contributed by atoms with Crippen molar-refractivity contribution >= 4 is 15.8 Å². The zero-order valence-electron chi connectivity index (χ0n) is 11.4. The van der Waals surface area contributed by atoms with Crippen molar-refractivity contribution in [3.05, 3.63) is 41.8 Å². The Morgan fingerprint density at radius 3 is 2.55 bits per heavy atom. The van der Waals surface area contributed by atoms with E-state index in [0.717, 1.165) is 0 Å². The van der Waals surface area contributed by atoms with Gasteiger partial charge in [0.15, 0.2) is 9.84 Å². The quantitative estimate of drug-likeness (QED) is 0.816. The number of carbonyl (C=O) groups excluding carboxylic acids is 1. The fourth-order valence-corrected chi connectivity index (χ4v) is 4.27. The SMILES string of the molecule is O=C([O-])c1cc(-c2ccc(F)cc2)n([C@H]2CCS(=O)(=O)C2)n1. The van der Waals surface area contributed by atoms with Gasteiger partial charge in [-0.1, -0.05) is 0 Å². The molecule has 1 atom stereocenters. The molecule has 0 N–H and O–H groups in total. The van der Waals surface area contributed by atoms with E-state index < -0.39 is 27.7 Å². The fourth-order valence-electron chi connectivity index (χ4n) is 2.58.